The van der Waals surface area contributed by atoms with Gasteiger partial charge >= 0.3 is 0 Å². The first-order valence-electron chi connectivity index (χ1n) is 9.78. The highest BCUT2D eigenvalue weighted by atomic mass is 35.5. The Labute approximate surface area is 181 Å². The summed E-state index contributed by atoms with van der Waals surface area (Å²) >= 11 is 6.91. The first-order valence-corrected chi connectivity index (χ1v) is 12.4. The summed E-state index contributed by atoms with van der Waals surface area (Å²) in [5, 5.41) is 2.92. The normalized spacial score (nSPS) is 17.4. The average molecular weight is 456 g/mol. The summed E-state index contributed by atoms with van der Waals surface area (Å²) in [4.78, 5) is 14.9. The highest BCUT2D eigenvalue weighted by Crippen LogP contribution is 2.32. The van der Waals surface area contributed by atoms with Crippen molar-refractivity contribution in [2.75, 3.05) is 31.1 Å². The number of amides is 1. The van der Waals surface area contributed by atoms with Crippen molar-refractivity contribution in [3.8, 4) is 0 Å². The largest absolute Gasteiger partial charge is 0.372 e. The quantitative estimate of drug-likeness (QED) is 0.586. The Kier molecular flexibility index (Phi) is 7.56. The van der Waals surface area contributed by atoms with Gasteiger partial charge in [-0.2, -0.15) is 4.31 Å². The van der Waals surface area contributed by atoms with E-state index in [1.54, 1.807) is 6.07 Å². The average Bonchev–Trinajstić information content (AvgIpc) is 3.38. The summed E-state index contributed by atoms with van der Waals surface area (Å²) in [6, 6.07) is 12.6. The first kappa shape index (κ1) is 22.1. The van der Waals surface area contributed by atoms with E-state index in [1.165, 1.54) is 10.4 Å². The van der Waals surface area contributed by atoms with Crippen LogP contribution in [-0.4, -0.2) is 50.9 Å². The van der Waals surface area contributed by atoms with Crippen molar-refractivity contribution >= 4 is 44.6 Å². The maximum absolute atomic E-state index is 12.9. The van der Waals surface area contributed by atoms with E-state index in [0.717, 1.165) is 36.5 Å². The van der Waals surface area contributed by atoms with E-state index < -0.39 is 16.1 Å². The van der Waals surface area contributed by atoms with Crippen LogP contribution in [0.4, 0.5) is 5.69 Å². The van der Waals surface area contributed by atoms with Crippen LogP contribution in [0.5, 0.6) is 0 Å². The van der Waals surface area contributed by atoms with Crippen molar-refractivity contribution in [1.29, 1.82) is 0 Å². The number of para-hydroxylation sites is 1. The second kappa shape index (κ2) is 9.93. The van der Waals surface area contributed by atoms with Gasteiger partial charge in [-0.15, -0.1) is 11.3 Å². The SMILES string of the molecule is CCN(CCCNC(=O)[C@@H]1CCCN1S(=O)(=O)c1ccc(Cl)s1)c1ccccc1. The summed E-state index contributed by atoms with van der Waals surface area (Å²) < 4.78 is 27.7. The molecule has 1 aromatic heterocycles. The number of sulfonamides is 1. The number of rotatable bonds is 9. The van der Waals surface area contributed by atoms with Gasteiger partial charge < -0.3 is 10.2 Å². The lowest BCUT2D eigenvalue weighted by molar-refractivity contribution is -0.124. The van der Waals surface area contributed by atoms with Gasteiger partial charge in [0.05, 0.1) is 4.34 Å². The second-order valence-corrected chi connectivity index (χ2v) is 10.7. The Bertz CT molecular complexity index is 918. The van der Waals surface area contributed by atoms with Crippen molar-refractivity contribution in [3.63, 3.8) is 0 Å². The molecule has 0 aliphatic carbocycles. The zero-order chi connectivity index (χ0) is 20.9. The van der Waals surface area contributed by atoms with Crippen LogP contribution in [0.1, 0.15) is 26.2 Å². The summed E-state index contributed by atoms with van der Waals surface area (Å²) in [6.07, 6.45) is 2.00. The number of carbonyl (C=O) groups excluding carboxylic acids is 1. The van der Waals surface area contributed by atoms with Crippen LogP contribution in [0.25, 0.3) is 0 Å². The van der Waals surface area contributed by atoms with Crippen LogP contribution in [-0.2, 0) is 14.8 Å². The molecule has 1 atom stereocenters. The number of thiophene rings is 1. The Balaban J connectivity index is 1.53. The molecule has 29 heavy (non-hydrogen) atoms. The minimum Gasteiger partial charge on any atom is -0.372 e. The summed E-state index contributed by atoms with van der Waals surface area (Å²) in [6.45, 7) is 4.67. The van der Waals surface area contributed by atoms with E-state index in [-0.39, 0.29) is 10.1 Å². The number of halogens is 1. The molecule has 1 aliphatic rings. The van der Waals surface area contributed by atoms with Crippen molar-refractivity contribution in [3.05, 3.63) is 46.8 Å². The fraction of sp³-hybridized carbons (Fsp3) is 0.450. The van der Waals surface area contributed by atoms with Crippen LogP contribution < -0.4 is 10.2 Å². The number of hydrogen-bond acceptors (Lipinski definition) is 5. The summed E-state index contributed by atoms with van der Waals surface area (Å²) in [5.41, 5.74) is 1.16. The van der Waals surface area contributed by atoms with Crippen LogP contribution in [0.2, 0.25) is 4.34 Å². The fourth-order valence-electron chi connectivity index (χ4n) is 3.55. The monoisotopic (exact) mass is 455 g/mol. The fourth-order valence-corrected chi connectivity index (χ4v) is 6.82. The van der Waals surface area contributed by atoms with Crippen molar-refractivity contribution in [2.24, 2.45) is 0 Å². The zero-order valence-corrected chi connectivity index (χ0v) is 18.8. The van der Waals surface area contributed by atoms with Gasteiger partial charge in [-0.25, -0.2) is 8.42 Å². The molecule has 1 fully saturated rings. The Hall–Kier alpha value is -1.61. The van der Waals surface area contributed by atoms with Gasteiger partial charge in [-0.1, -0.05) is 29.8 Å². The van der Waals surface area contributed by atoms with Crippen LogP contribution >= 0.6 is 22.9 Å². The Morgan fingerprint density at radius 3 is 2.69 bits per heavy atom. The predicted molar refractivity (Wildman–Crippen MR) is 118 cm³/mol. The highest BCUT2D eigenvalue weighted by molar-refractivity contribution is 7.91. The minimum atomic E-state index is -3.70. The number of hydrogen-bond donors (Lipinski definition) is 1. The molecule has 0 saturated carbocycles. The first-order chi connectivity index (χ1) is 13.9. The van der Waals surface area contributed by atoms with E-state index in [0.29, 0.717) is 30.3 Å². The molecule has 1 aliphatic heterocycles. The molecule has 9 heteroatoms. The number of nitrogens with one attached hydrogen (secondary N) is 1. The van der Waals surface area contributed by atoms with Crippen LogP contribution in [0, 0.1) is 0 Å². The maximum Gasteiger partial charge on any atom is 0.253 e. The molecule has 1 N–H and O–H groups in total. The molecule has 2 heterocycles. The summed E-state index contributed by atoms with van der Waals surface area (Å²) in [7, 11) is -3.70. The molecule has 0 radical (unpaired) electrons. The molecule has 0 spiro atoms. The molecule has 0 unspecified atom stereocenters. The van der Waals surface area contributed by atoms with Gasteiger partial charge in [-0.3, -0.25) is 4.79 Å². The Morgan fingerprint density at radius 2 is 2.03 bits per heavy atom. The zero-order valence-electron chi connectivity index (χ0n) is 16.4. The smallest absolute Gasteiger partial charge is 0.253 e. The van der Waals surface area contributed by atoms with E-state index in [9.17, 15) is 13.2 Å². The lowest BCUT2D eigenvalue weighted by Gasteiger charge is -2.24. The van der Waals surface area contributed by atoms with E-state index >= 15 is 0 Å². The van der Waals surface area contributed by atoms with Gasteiger partial charge in [-0.05, 0) is 50.5 Å². The van der Waals surface area contributed by atoms with Crippen molar-refractivity contribution < 1.29 is 13.2 Å². The van der Waals surface area contributed by atoms with Gasteiger partial charge in [0.1, 0.15) is 10.3 Å². The maximum atomic E-state index is 12.9. The molecule has 1 saturated heterocycles. The Morgan fingerprint density at radius 1 is 1.28 bits per heavy atom. The topological polar surface area (TPSA) is 69.7 Å². The third-order valence-corrected chi connectivity index (χ3v) is 8.63. The number of carbonyl (C=O) groups is 1. The lowest BCUT2D eigenvalue weighted by atomic mass is 10.2. The predicted octanol–water partition coefficient (Wildman–Crippen LogP) is 3.59. The minimum absolute atomic E-state index is 0.184. The van der Waals surface area contributed by atoms with Gasteiger partial charge in [0, 0.05) is 31.9 Å². The molecule has 158 valence electrons. The number of nitrogens with zero attached hydrogens (tertiary/aromatic N) is 2. The van der Waals surface area contributed by atoms with Crippen LogP contribution in [0.3, 0.4) is 0 Å². The van der Waals surface area contributed by atoms with E-state index in [2.05, 4.69) is 29.3 Å². The van der Waals surface area contributed by atoms with Crippen molar-refractivity contribution in [1.82, 2.24) is 9.62 Å². The standard InChI is InChI=1S/C20H26ClN3O3S2/c1-2-23(16-8-4-3-5-9-16)14-7-13-22-20(25)17-10-6-15-24(17)29(26,27)19-12-11-18(21)28-19/h3-5,8-9,11-12,17H,2,6-7,10,13-15H2,1H3,(H,22,25)/t17-/m0/s1. The molecular weight excluding hydrogens is 430 g/mol. The third-order valence-electron chi connectivity index (χ3n) is 5.02. The van der Waals surface area contributed by atoms with E-state index in [4.69, 9.17) is 11.6 Å². The van der Waals surface area contributed by atoms with Crippen LogP contribution in [0.15, 0.2) is 46.7 Å². The van der Waals surface area contributed by atoms with Gasteiger partial charge in [0.25, 0.3) is 10.0 Å². The molecule has 3 rings (SSSR count). The highest BCUT2D eigenvalue weighted by Gasteiger charge is 2.39. The third kappa shape index (κ3) is 5.31. The molecule has 1 aromatic carbocycles. The lowest BCUT2D eigenvalue weighted by Crippen LogP contribution is -2.46. The molecule has 1 amide bonds. The number of benzene rings is 1. The van der Waals surface area contributed by atoms with E-state index in [1.807, 2.05) is 18.2 Å². The summed E-state index contributed by atoms with van der Waals surface area (Å²) in [5.74, 6) is -0.225. The molecule has 2 aromatic rings. The van der Waals surface area contributed by atoms with Gasteiger partial charge in [0.15, 0.2) is 0 Å². The molecule has 6 nitrogen and oxygen atoms in total. The number of anilines is 1. The second-order valence-electron chi connectivity index (χ2n) is 6.89. The van der Waals surface area contributed by atoms with Gasteiger partial charge in [0.2, 0.25) is 5.91 Å². The van der Waals surface area contributed by atoms with Crippen molar-refractivity contribution in [2.45, 2.75) is 36.4 Å². The molecule has 0 bridgehead atoms. The molecular formula is C20H26ClN3O3S2.